The van der Waals surface area contributed by atoms with E-state index in [1.54, 1.807) is 36.4 Å². The number of hydrogen-bond acceptors (Lipinski definition) is 4. The van der Waals surface area contributed by atoms with Crippen molar-refractivity contribution in [2.45, 2.75) is 19.0 Å². The number of urea groups is 1. The van der Waals surface area contributed by atoms with E-state index in [4.69, 9.17) is 0 Å². The Hall–Kier alpha value is -3.45. The number of para-hydroxylation sites is 2. The summed E-state index contributed by atoms with van der Waals surface area (Å²) >= 11 is 1.51. The van der Waals surface area contributed by atoms with Gasteiger partial charge in [-0.05, 0) is 35.7 Å². The second-order valence-corrected chi connectivity index (χ2v) is 7.67. The first kappa shape index (κ1) is 18.9. The maximum Gasteiger partial charge on any atom is 0.332 e. The molecule has 0 spiro atoms. The Bertz CT molecular complexity index is 1010. The Morgan fingerprint density at radius 3 is 2.28 bits per heavy atom. The molecule has 29 heavy (non-hydrogen) atoms. The quantitative estimate of drug-likeness (QED) is 0.628. The van der Waals surface area contributed by atoms with Gasteiger partial charge in [-0.1, -0.05) is 42.5 Å². The predicted octanol–water partition coefficient (Wildman–Crippen LogP) is 4.11. The third-order valence-corrected chi connectivity index (χ3v) is 5.54. The molecule has 1 atom stereocenters. The maximum absolute atomic E-state index is 13.1. The summed E-state index contributed by atoms with van der Waals surface area (Å²) in [5.74, 6) is -0.700. The second-order valence-electron chi connectivity index (χ2n) is 6.63. The highest BCUT2D eigenvalue weighted by Gasteiger charge is 2.46. The molecule has 0 bridgehead atoms. The SMILES string of the molecule is O=C(C[C@H]1C(=O)N(c2ccccc2)C(=O)N1Cc1cccs1)Nc1ccccc1. The van der Waals surface area contributed by atoms with E-state index in [0.717, 1.165) is 9.78 Å². The fraction of sp³-hybridized carbons (Fsp3) is 0.136. The molecule has 146 valence electrons. The van der Waals surface area contributed by atoms with E-state index < -0.39 is 12.1 Å². The minimum Gasteiger partial charge on any atom is -0.326 e. The van der Waals surface area contributed by atoms with Crippen molar-refractivity contribution in [3.8, 4) is 0 Å². The number of anilines is 2. The van der Waals surface area contributed by atoms with Crippen LogP contribution in [-0.4, -0.2) is 28.8 Å². The average molecular weight is 405 g/mol. The largest absolute Gasteiger partial charge is 0.332 e. The predicted molar refractivity (Wildman–Crippen MR) is 113 cm³/mol. The number of hydrogen-bond donors (Lipinski definition) is 1. The molecule has 4 amide bonds. The van der Waals surface area contributed by atoms with Crippen LogP contribution in [-0.2, 0) is 16.1 Å². The van der Waals surface area contributed by atoms with Gasteiger partial charge in [0.15, 0.2) is 0 Å². The third-order valence-electron chi connectivity index (χ3n) is 4.68. The van der Waals surface area contributed by atoms with Gasteiger partial charge in [0, 0.05) is 10.6 Å². The van der Waals surface area contributed by atoms with Crippen molar-refractivity contribution in [2.24, 2.45) is 0 Å². The summed E-state index contributed by atoms with van der Waals surface area (Å²) in [7, 11) is 0. The van der Waals surface area contributed by atoms with Crippen molar-refractivity contribution >= 4 is 40.6 Å². The molecule has 0 saturated carbocycles. The van der Waals surface area contributed by atoms with Crippen molar-refractivity contribution in [1.82, 2.24) is 4.90 Å². The molecule has 1 aliphatic heterocycles. The molecule has 4 rings (SSSR count). The summed E-state index contributed by atoms with van der Waals surface area (Å²) in [6, 6.07) is 20.4. The number of thiophene rings is 1. The molecule has 0 radical (unpaired) electrons. The van der Waals surface area contributed by atoms with E-state index in [1.807, 2.05) is 41.8 Å². The monoisotopic (exact) mass is 405 g/mol. The number of nitrogens with one attached hydrogen (secondary N) is 1. The minimum atomic E-state index is -0.853. The second kappa shape index (κ2) is 8.28. The summed E-state index contributed by atoms with van der Waals surface area (Å²) in [6.45, 7) is 0.287. The standard InChI is InChI=1S/C22H19N3O3S/c26-20(23-16-8-3-1-4-9-16)14-19-21(27)25(17-10-5-2-6-11-17)22(28)24(19)15-18-12-7-13-29-18/h1-13,19H,14-15H2,(H,23,26)/t19-/m0/s1. The lowest BCUT2D eigenvalue weighted by atomic mass is 10.1. The van der Waals surface area contributed by atoms with E-state index in [2.05, 4.69) is 5.32 Å². The van der Waals surface area contributed by atoms with Crippen LogP contribution in [0.15, 0.2) is 78.2 Å². The zero-order chi connectivity index (χ0) is 20.2. The van der Waals surface area contributed by atoms with Crippen LogP contribution in [0.2, 0.25) is 0 Å². The highest BCUT2D eigenvalue weighted by molar-refractivity contribution is 7.09. The van der Waals surface area contributed by atoms with Gasteiger partial charge in [-0.3, -0.25) is 9.59 Å². The summed E-state index contributed by atoms with van der Waals surface area (Å²) in [5, 5.41) is 4.71. The highest BCUT2D eigenvalue weighted by Crippen LogP contribution is 2.29. The summed E-state index contributed by atoms with van der Waals surface area (Å²) in [5.41, 5.74) is 1.16. The number of carbonyl (C=O) groups is 3. The lowest BCUT2D eigenvalue weighted by molar-refractivity contribution is -0.124. The third kappa shape index (κ3) is 4.05. The van der Waals surface area contributed by atoms with Gasteiger partial charge >= 0.3 is 6.03 Å². The molecule has 6 nitrogen and oxygen atoms in total. The van der Waals surface area contributed by atoms with Crippen LogP contribution in [0.3, 0.4) is 0 Å². The van der Waals surface area contributed by atoms with Gasteiger partial charge < -0.3 is 10.2 Å². The number of nitrogens with zero attached hydrogens (tertiary/aromatic N) is 2. The number of benzene rings is 2. The number of imide groups is 1. The Balaban J connectivity index is 1.58. The van der Waals surface area contributed by atoms with E-state index >= 15 is 0 Å². The first-order valence-corrected chi connectivity index (χ1v) is 10.1. The van der Waals surface area contributed by atoms with E-state index in [-0.39, 0.29) is 24.8 Å². The maximum atomic E-state index is 13.1. The van der Waals surface area contributed by atoms with Gasteiger partial charge in [-0.2, -0.15) is 0 Å². The Kier molecular flexibility index (Phi) is 5.39. The van der Waals surface area contributed by atoms with Crippen LogP contribution >= 0.6 is 11.3 Å². The molecule has 0 unspecified atom stereocenters. The Morgan fingerprint density at radius 1 is 0.931 bits per heavy atom. The summed E-state index contributed by atoms with van der Waals surface area (Å²) in [4.78, 5) is 42.4. The number of amides is 4. The van der Waals surface area contributed by atoms with Crippen molar-refractivity contribution in [2.75, 3.05) is 10.2 Å². The average Bonchev–Trinajstić information content (AvgIpc) is 3.32. The molecular formula is C22H19N3O3S. The zero-order valence-electron chi connectivity index (χ0n) is 15.5. The van der Waals surface area contributed by atoms with Crippen LogP contribution < -0.4 is 10.2 Å². The fourth-order valence-electron chi connectivity index (χ4n) is 3.31. The van der Waals surface area contributed by atoms with Gasteiger partial charge in [-0.25, -0.2) is 9.69 Å². The van der Waals surface area contributed by atoms with E-state index in [0.29, 0.717) is 11.4 Å². The van der Waals surface area contributed by atoms with Gasteiger partial charge in [0.2, 0.25) is 5.91 Å². The smallest absolute Gasteiger partial charge is 0.326 e. The van der Waals surface area contributed by atoms with Crippen molar-refractivity contribution in [3.05, 3.63) is 83.1 Å². The molecule has 1 aliphatic rings. The van der Waals surface area contributed by atoms with Gasteiger partial charge in [0.05, 0.1) is 18.7 Å². The van der Waals surface area contributed by atoms with Gasteiger partial charge in [0.25, 0.3) is 5.91 Å². The Morgan fingerprint density at radius 2 is 1.62 bits per heavy atom. The molecule has 2 aromatic carbocycles. The number of carbonyl (C=O) groups excluding carboxylic acids is 3. The van der Waals surface area contributed by atoms with Crippen LogP contribution in [0.5, 0.6) is 0 Å². The molecule has 1 saturated heterocycles. The molecule has 0 aliphatic carbocycles. The molecule has 2 heterocycles. The van der Waals surface area contributed by atoms with Crippen LogP contribution in [0, 0.1) is 0 Å². The van der Waals surface area contributed by atoms with E-state index in [1.165, 1.54) is 16.2 Å². The summed E-state index contributed by atoms with van der Waals surface area (Å²) in [6.07, 6.45) is -0.103. The molecule has 1 aromatic heterocycles. The van der Waals surface area contributed by atoms with Crippen molar-refractivity contribution in [3.63, 3.8) is 0 Å². The topological polar surface area (TPSA) is 69.7 Å². The minimum absolute atomic E-state index is 0.103. The van der Waals surface area contributed by atoms with Crippen molar-refractivity contribution < 1.29 is 14.4 Å². The van der Waals surface area contributed by atoms with Gasteiger partial charge in [-0.15, -0.1) is 11.3 Å². The van der Waals surface area contributed by atoms with Crippen LogP contribution in [0.25, 0.3) is 0 Å². The lowest BCUT2D eigenvalue weighted by Crippen LogP contribution is -2.37. The summed E-state index contributed by atoms with van der Waals surface area (Å²) < 4.78 is 0. The molecular weight excluding hydrogens is 386 g/mol. The molecule has 1 N–H and O–H groups in total. The molecule has 3 aromatic rings. The fourth-order valence-corrected chi connectivity index (χ4v) is 4.01. The molecule has 7 heteroatoms. The van der Waals surface area contributed by atoms with Gasteiger partial charge in [0.1, 0.15) is 6.04 Å². The lowest BCUT2D eigenvalue weighted by Gasteiger charge is -2.20. The molecule has 1 fully saturated rings. The van der Waals surface area contributed by atoms with Crippen molar-refractivity contribution in [1.29, 1.82) is 0 Å². The first-order chi connectivity index (χ1) is 14.1. The normalized spacial score (nSPS) is 16.3. The highest BCUT2D eigenvalue weighted by atomic mass is 32.1. The Labute approximate surface area is 172 Å². The van der Waals surface area contributed by atoms with Crippen LogP contribution in [0.4, 0.5) is 16.2 Å². The zero-order valence-corrected chi connectivity index (χ0v) is 16.3. The van der Waals surface area contributed by atoms with E-state index in [9.17, 15) is 14.4 Å². The van der Waals surface area contributed by atoms with Crippen LogP contribution in [0.1, 0.15) is 11.3 Å². The number of rotatable bonds is 6. The first-order valence-electron chi connectivity index (χ1n) is 9.20.